The summed E-state index contributed by atoms with van der Waals surface area (Å²) < 4.78 is 0. The van der Waals surface area contributed by atoms with Gasteiger partial charge in [0.05, 0.1) is 6.42 Å². The van der Waals surface area contributed by atoms with Gasteiger partial charge in [-0.1, -0.05) is 0 Å². The monoisotopic (exact) mass is 203 g/mol. The molecule has 0 aliphatic rings. The third kappa shape index (κ3) is 6.13. The summed E-state index contributed by atoms with van der Waals surface area (Å²) in [6, 6.07) is 0. The third-order valence-electron chi connectivity index (χ3n) is 1.35. The molecule has 1 amide bonds. The minimum Gasteiger partial charge on any atom is -0.386 e. The Kier molecular flexibility index (Phi) is 5.47. The van der Waals surface area contributed by atoms with E-state index in [4.69, 9.17) is 5.11 Å². The van der Waals surface area contributed by atoms with Crippen LogP contribution in [-0.4, -0.2) is 28.9 Å². The number of rotatable bonds is 4. The number of nitrogens with one attached hydrogen (secondary N) is 1. The van der Waals surface area contributed by atoms with Gasteiger partial charge in [0.15, 0.2) is 5.78 Å². The molecule has 0 aromatic heterocycles. The summed E-state index contributed by atoms with van der Waals surface area (Å²) >= 11 is 0. The molecule has 0 saturated heterocycles. The molecule has 6 heteroatoms. The summed E-state index contributed by atoms with van der Waals surface area (Å²) in [5.41, 5.74) is 1.84. The standard InChI is InChI=1S/C8H13NO5/c1-5(10)7(12)3-4-8(13)14-9-6(2)11/h5,10H,3-4H2,1-2H3,(H,9,11). The van der Waals surface area contributed by atoms with Crippen LogP contribution in [0.15, 0.2) is 0 Å². The summed E-state index contributed by atoms with van der Waals surface area (Å²) in [5.74, 6) is -1.65. The first-order valence-corrected chi connectivity index (χ1v) is 4.10. The van der Waals surface area contributed by atoms with Gasteiger partial charge in [-0.15, -0.1) is 0 Å². The van der Waals surface area contributed by atoms with Gasteiger partial charge in [0.25, 0.3) is 0 Å². The lowest BCUT2D eigenvalue weighted by Crippen LogP contribution is -2.25. The molecule has 0 heterocycles. The van der Waals surface area contributed by atoms with Crippen LogP contribution in [0.25, 0.3) is 0 Å². The van der Waals surface area contributed by atoms with Gasteiger partial charge in [-0.2, -0.15) is 5.48 Å². The van der Waals surface area contributed by atoms with E-state index in [1.54, 1.807) is 0 Å². The molecule has 0 saturated carbocycles. The molecule has 0 aromatic carbocycles. The molecule has 6 nitrogen and oxygen atoms in total. The Morgan fingerprint density at radius 3 is 2.36 bits per heavy atom. The average Bonchev–Trinajstić information content (AvgIpc) is 2.10. The van der Waals surface area contributed by atoms with Crippen molar-refractivity contribution in [2.75, 3.05) is 0 Å². The van der Waals surface area contributed by atoms with Gasteiger partial charge in [-0.3, -0.25) is 9.59 Å². The van der Waals surface area contributed by atoms with E-state index in [9.17, 15) is 14.4 Å². The number of aliphatic hydroxyl groups is 1. The lowest BCUT2D eigenvalue weighted by Gasteiger charge is -2.03. The fourth-order valence-electron chi connectivity index (χ4n) is 0.614. The summed E-state index contributed by atoms with van der Waals surface area (Å²) in [4.78, 5) is 36.2. The number of hydrogen-bond acceptors (Lipinski definition) is 5. The number of carbonyl (C=O) groups is 3. The molecule has 0 fully saturated rings. The van der Waals surface area contributed by atoms with E-state index in [0.717, 1.165) is 0 Å². The summed E-state index contributed by atoms with van der Waals surface area (Å²) in [6.07, 6.45) is -1.34. The minimum atomic E-state index is -1.08. The largest absolute Gasteiger partial charge is 0.386 e. The number of hydroxylamine groups is 1. The van der Waals surface area contributed by atoms with Gasteiger partial charge >= 0.3 is 5.97 Å². The van der Waals surface area contributed by atoms with E-state index in [1.165, 1.54) is 13.8 Å². The van der Waals surface area contributed by atoms with Crippen LogP contribution in [0.2, 0.25) is 0 Å². The molecule has 0 radical (unpaired) electrons. The lowest BCUT2D eigenvalue weighted by molar-refractivity contribution is -0.158. The molecule has 2 N–H and O–H groups in total. The Bertz CT molecular complexity index is 236. The SMILES string of the molecule is CC(=O)NOC(=O)CCC(=O)C(C)O. The van der Waals surface area contributed by atoms with Gasteiger partial charge in [0, 0.05) is 13.3 Å². The summed E-state index contributed by atoms with van der Waals surface area (Å²) in [6.45, 7) is 2.51. The molecule has 0 aliphatic heterocycles. The van der Waals surface area contributed by atoms with E-state index in [2.05, 4.69) is 4.84 Å². The molecule has 0 bridgehead atoms. The number of Topliss-reactive ketones (excluding diaryl/α,β-unsaturated/α-hetero) is 1. The number of ketones is 1. The second-order valence-corrected chi connectivity index (χ2v) is 2.77. The summed E-state index contributed by atoms with van der Waals surface area (Å²) in [5, 5.41) is 8.78. The van der Waals surface area contributed by atoms with Crippen molar-refractivity contribution in [2.45, 2.75) is 32.8 Å². The number of carbonyl (C=O) groups excluding carboxylic acids is 3. The van der Waals surface area contributed by atoms with Crippen LogP contribution in [0.4, 0.5) is 0 Å². The number of amides is 1. The number of aliphatic hydroxyl groups excluding tert-OH is 1. The van der Waals surface area contributed by atoms with E-state index >= 15 is 0 Å². The lowest BCUT2D eigenvalue weighted by atomic mass is 10.1. The highest BCUT2D eigenvalue weighted by Crippen LogP contribution is 1.96. The molecule has 0 spiro atoms. The molecule has 14 heavy (non-hydrogen) atoms. The maximum atomic E-state index is 10.8. The predicted octanol–water partition coefficient (Wildman–Crippen LogP) is -0.689. The van der Waals surface area contributed by atoms with Crippen molar-refractivity contribution in [3.05, 3.63) is 0 Å². The molecule has 1 atom stereocenters. The van der Waals surface area contributed by atoms with Crippen LogP contribution in [-0.2, 0) is 19.2 Å². The molecular weight excluding hydrogens is 190 g/mol. The first-order chi connectivity index (χ1) is 6.43. The van der Waals surface area contributed by atoms with Crippen LogP contribution in [0.1, 0.15) is 26.7 Å². The van der Waals surface area contributed by atoms with Gasteiger partial charge in [0.2, 0.25) is 5.91 Å². The fourth-order valence-corrected chi connectivity index (χ4v) is 0.614. The van der Waals surface area contributed by atoms with Crippen molar-refractivity contribution in [1.82, 2.24) is 5.48 Å². The third-order valence-corrected chi connectivity index (χ3v) is 1.35. The smallest absolute Gasteiger partial charge is 0.332 e. The van der Waals surface area contributed by atoms with Crippen molar-refractivity contribution in [3.63, 3.8) is 0 Å². The molecule has 0 aliphatic carbocycles. The molecule has 0 aromatic rings. The van der Waals surface area contributed by atoms with E-state index in [1.807, 2.05) is 5.48 Å². The fraction of sp³-hybridized carbons (Fsp3) is 0.625. The highest BCUT2D eigenvalue weighted by Gasteiger charge is 2.12. The number of hydrogen-bond donors (Lipinski definition) is 2. The second kappa shape index (κ2) is 6.09. The zero-order valence-electron chi connectivity index (χ0n) is 8.07. The maximum absolute atomic E-state index is 10.8. The molecule has 0 rings (SSSR count). The van der Waals surface area contributed by atoms with Gasteiger partial charge in [0.1, 0.15) is 6.10 Å². The predicted molar refractivity (Wildman–Crippen MR) is 45.8 cm³/mol. The van der Waals surface area contributed by atoms with E-state index < -0.39 is 23.8 Å². The topological polar surface area (TPSA) is 92.7 Å². The van der Waals surface area contributed by atoms with Crippen LogP contribution in [0.3, 0.4) is 0 Å². The Morgan fingerprint density at radius 2 is 1.93 bits per heavy atom. The first kappa shape index (κ1) is 12.6. The first-order valence-electron chi connectivity index (χ1n) is 4.10. The minimum absolute atomic E-state index is 0.101. The van der Waals surface area contributed by atoms with Gasteiger partial charge in [-0.25, -0.2) is 4.79 Å². The molecule has 80 valence electrons. The molecular formula is C8H13NO5. The normalized spacial score (nSPS) is 11.6. The van der Waals surface area contributed by atoms with Gasteiger partial charge < -0.3 is 9.94 Å². The maximum Gasteiger partial charge on any atom is 0.332 e. The van der Waals surface area contributed by atoms with E-state index in [0.29, 0.717) is 0 Å². The quantitative estimate of drug-likeness (QED) is 0.590. The van der Waals surface area contributed by atoms with E-state index in [-0.39, 0.29) is 12.8 Å². The zero-order chi connectivity index (χ0) is 11.1. The van der Waals surface area contributed by atoms with Crippen molar-refractivity contribution >= 4 is 17.7 Å². The molecule has 1 unspecified atom stereocenters. The van der Waals surface area contributed by atoms with Crippen molar-refractivity contribution in [2.24, 2.45) is 0 Å². The van der Waals surface area contributed by atoms with Crippen LogP contribution in [0.5, 0.6) is 0 Å². The summed E-state index contributed by atoms with van der Waals surface area (Å²) in [7, 11) is 0. The highest BCUT2D eigenvalue weighted by atomic mass is 16.7. The second-order valence-electron chi connectivity index (χ2n) is 2.77. The highest BCUT2D eigenvalue weighted by molar-refractivity contribution is 5.86. The average molecular weight is 203 g/mol. The van der Waals surface area contributed by atoms with Crippen LogP contribution < -0.4 is 5.48 Å². The Hall–Kier alpha value is -1.43. The van der Waals surface area contributed by atoms with Crippen molar-refractivity contribution < 1.29 is 24.3 Å². The van der Waals surface area contributed by atoms with Crippen molar-refractivity contribution in [1.29, 1.82) is 0 Å². The van der Waals surface area contributed by atoms with Crippen LogP contribution in [0, 0.1) is 0 Å². The van der Waals surface area contributed by atoms with Gasteiger partial charge in [-0.05, 0) is 6.92 Å². The Morgan fingerprint density at radius 1 is 1.36 bits per heavy atom. The zero-order valence-corrected chi connectivity index (χ0v) is 8.07. The Balaban J connectivity index is 3.64. The van der Waals surface area contributed by atoms with Crippen LogP contribution >= 0.6 is 0 Å². The Labute approximate surface area is 81.2 Å². The van der Waals surface area contributed by atoms with Crippen molar-refractivity contribution in [3.8, 4) is 0 Å².